The molecule has 0 unspecified atom stereocenters. The number of aryl methyl sites for hydroxylation is 1. The minimum absolute atomic E-state index is 0.0141. The number of hydrogen-bond donors (Lipinski definition) is 2. The summed E-state index contributed by atoms with van der Waals surface area (Å²) in [6.45, 7) is 3.05. The standard InChI is InChI=1S/C22H23N3O5S2/c1-15-23-16(14-31-15)13-30-21-7-3-2-6-18(21)22(27)24-19-12-17(8-9-20(19)26)32(28,29)25-10-4-5-11-25/h2-3,6-9,12,14,26H,4-5,10-11,13H2,1H3,(H,24,27). The van der Waals surface area contributed by atoms with Crippen molar-refractivity contribution in [2.75, 3.05) is 18.4 Å². The zero-order valence-electron chi connectivity index (χ0n) is 17.4. The number of anilines is 1. The van der Waals surface area contributed by atoms with E-state index in [9.17, 15) is 18.3 Å². The summed E-state index contributed by atoms with van der Waals surface area (Å²) < 4.78 is 32.9. The minimum atomic E-state index is -3.68. The highest BCUT2D eigenvalue weighted by Crippen LogP contribution is 2.30. The molecule has 2 heterocycles. The number of hydrogen-bond acceptors (Lipinski definition) is 7. The summed E-state index contributed by atoms with van der Waals surface area (Å²) in [6, 6.07) is 10.6. The Balaban J connectivity index is 1.54. The Morgan fingerprint density at radius 3 is 2.69 bits per heavy atom. The third-order valence-electron chi connectivity index (χ3n) is 5.09. The number of aromatic hydroxyl groups is 1. The molecule has 3 aromatic rings. The molecule has 1 aliphatic rings. The van der Waals surface area contributed by atoms with Crippen LogP contribution in [0.5, 0.6) is 11.5 Å². The van der Waals surface area contributed by atoms with Gasteiger partial charge in [0.2, 0.25) is 10.0 Å². The molecule has 0 aliphatic carbocycles. The Hall–Kier alpha value is -2.95. The first-order chi connectivity index (χ1) is 15.3. The maximum atomic E-state index is 12.9. The molecule has 1 aromatic heterocycles. The number of ether oxygens (including phenoxy) is 1. The molecule has 2 aromatic carbocycles. The van der Waals surface area contributed by atoms with Gasteiger partial charge in [0.1, 0.15) is 18.1 Å². The average molecular weight is 474 g/mol. The van der Waals surface area contributed by atoms with Gasteiger partial charge in [-0.2, -0.15) is 4.31 Å². The number of nitrogens with zero attached hydrogens (tertiary/aromatic N) is 2. The monoisotopic (exact) mass is 473 g/mol. The van der Waals surface area contributed by atoms with E-state index in [0.29, 0.717) is 18.8 Å². The van der Waals surface area contributed by atoms with E-state index in [1.165, 1.54) is 33.8 Å². The summed E-state index contributed by atoms with van der Waals surface area (Å²) in [5, 5.41) is 15.6. The lowest BCUT2D eigenvalue weighted by Crippen LogP contribution is -2.28. The van der Waals surface area contributed by atoms with Crippen LogP contribution in [0.15, 0.2) is 52.7 Å². The van der Waals surface area contributed by atoms with Gasteiger partial charge in [0.15, 0.2) is 0 Å². The van der Waals surface area contributed by atoms with E-state index in [-0.39, 0.29) is 28.5 Å². The highest BCUT2D eigenvalue weighted by molar-refractivity contribution is 7.89. The predicted molar refractivity (Wildman–Crippen MR) is 122 cm³/mol. The molecule has 10 heteroatoms. The molecule has 8 nitrogen and oxygen atoms in total. The Morgan fingerprint density at radius 1 is 1.22 bits per heavy atom. The molecular formula is C22H23N3O5S2. The quantitative estimate of drug-likeness (QED) is 0.506. The van der Waals surface area contributed by atoms with Gasteiger partial charge in [0.25, 0.3) is 5.91 Å². The number of amides is 1. The molecule has 0 spiro atoms. The Morgan fingerprint density at radius 2 is 1.97 bits per heavy atom. The van der Waals surface area contributed by atoms with Crippen LogP contribution in [0.2, 0.25) is 0 Å². The average Bonchev–Trinajstić information content (AvgIpc) is 3.46. The first kappa shape index (κ1) is 22.3. The van der Waals surface area contributed by atoms with Crippen molar-refractivity contribution in [2.24, 2.45) is 0 Å². The van der Waals surface area contributed by atoms with Gasteiger partial charge in [-0.1, -0.05) is 12.1 Å². The first-order valence-corrected chi connectivity index (χ1v) is 12.4. The number of aromatic nitrogens is 1. The fraction of sp³-hybridized carbons (Fsp3) is 0.273. The number of nitrogens with one attached hydrogen (secondary N) is 1. The third-order valence-corrected chi connectivity index (χ3v) is 7.81. The van der Waals surface area contributed by atoms with Crippen LogP contribution in [-0.2, 0) is 16.6 Å². The van der Waals surface area contributed by atoms with Crippen LogP contribution >= 0.6 is 11.3 Å². The Labute approximate surface area is 190 Å². The molecule has 0 bridgehead atoms. The number of thiazole rings is 1. The van der Waals surface area contributed by atoms with E-state index in [0.717, 1.165) is 23.5 Å². The largest absolute Gasteiger partial charge is 0.506 e. The first-order valence-electron chi connectivity index (χ1n) is 10.1. The molecule has 0 atom stereocenters. The van der Waals surface area contributed by atoms with E-state index in [1.54, 1.807) is 24.3 Å². The van der Waals surface area contributed by atoms with Crippen molar-refractivity contribution in [3.05, 3.63) is 64.1 Å². The van der Waals surface area contributed by atoms with Crippen LogP contribution < -0.4 is 10.1 Å². The van der Waals surface area contributed by atoms with Crippen molar-refractivity contribution in [3.63, 3.8) is 0 Å². The lowest BCUT2D eigenvalue weighted by Gasteiger charge is -2.17. The van der Waals surface area contributed by atoms with Crippen LogP contribution in [-0.4, -0.2) is 41.8 Å². The van der Waals surface area contributed by atoms with E-state index in [2.05, 4.69) is 10.3 Å². The van der Waals surface area contributed by atoms with Crippen molar-refractivity contribution in [2.45, 2.75) is 31.3 Å². The van der Waals surface area contributed by atoms with Gasteiger partial charge < -0.3 is 15.2 Å². The fourth-order valence-electron chi connectivity index (χ4n) is 3.45. The van der Waals surface area contributed by atoms with E-state index >= 15 is 0 Å². The number of sulfonamides is 1. The summed E-state index contributed by atoms with van der Waals surface area (Å²) in [5.74, 6) is -0.396. The molecule has 1 aliphatic heterocycles. The van der Waals surface area contributed by atoms with Gasteiger partial charge in [-0.15, -0.1) is 11.3 Å². The van der Waals surface area contributed by atoms with Crippen molar-refractivity contribution in [3.8, 4) is 11.5 Å². The second-order valence-electron chi connectivity index (χ2n) is 7.39. The van der Waals surface area contributed by atoms with Crippen molar-refractivity contribution in [1.82, 2.24) is 9.29 Å². The normalized spacial score (nSPS) is 14.4. The van der Waals surface area contributed by atoms with Crippen LogP contribution in [0.25, 0.3) is 0 Å². The summed E-state index contributed by atoms with van der Waals surface area (Å²) >= 11 is 1.51. The smallest absolute Gasteiger partial charge is 0.259 e. The second-order valence-corrected chi connectivity index (χ2v) is 10.4. The molecule has 4 rings (SSSR count). The van der Waals surface area contributed by atoms with E-state index < -0.39 is 15.9 Å². The summed E-state index contributed by atoms with van der Waals surface area (Å²) in [4.78, 5) is 17.3. The van der Waals surface area contributed by atoms with Gasteiger partial charge in [-0.05, 0) is 50.1 Å². The highest BCUT2D eigenvalue weighted by Gasteiger charge is 2.28. The summed E-state index contributed by atoms with van der Waals surface area (Å²) in [7, 11) is -3.68. The number of phenolic OH excluding ortho intramolecular Hbond substituents is 1. The molecule has 1 fully saturated rings. The Kier molecular flexibility index (Phi) is 6.45. The SMILES string of the molecule is Cc1nc(COc2ccccc2C(=O)Nc2cc(S(=O)(=O)N3CCCC3)ccc2O)cs1. The molecule has 1 amide bonds. The third kappa shape index (κ3) is 4.77. The lowest BCUT2D eigenvalue weighted by atomic mass is 10.1. The van der Waals surface area contributed by atoms with Crippen LogP contribution in [0.4, 0.5) is 5.69 Å². The number of carbonyl (C=O) groups is 1. The van der Waals surface area contributed by atoms with Crippen LogP contribution in [0.3, 0.4) is 0 Å². The fourth-order valence-corrected chi connectivity index (χ4v) is 5.59. The maximum absolute atomic E-state index is 12.9. The van der Waals surface area contributed by atoms with Crippen LogP contribution in [0, 0.1) is 6.92 Å². The van der Waals surface area contributed by atoms with E-state index in [4.69, 9.17) is 4.74 Å². The van der Waals surface area contributed by atoms with Crippen molar-refractivity contribution >= 4 is 33.0 Å². The number of para-hydroxylation sites is 1. The van der Waals surface area contributed by atoms with Gasteiger partial charge in [-0.25, -0.2) is 13.4 Å². The van der Waals surface area contributed by atoms with Gasteiger partial charge in [-0.3, -0.25) is 4.79 Å². The van der Waals surface area contributed by atoms with Gasteiger partial charge in [0.05, 0.1) is 26.8 Å². The molecule has 2 N–H and O–H groups in total. The topological polar surface area (TPSA) is 109 Å². The van der Waals surface area contributed by atoms with Crippen LogP contribution in [0.1, 0.15) is 33.9 Å². The number of phenols is 1. The second kappa shape index (κ2) is 9.27. The predicted octanol–water partition coefficient (Wildman–Crippen LogP) is 3.77. The van der Waals surface area contributed by atoms with Gasteiger partial charge in [0, 0.05) is 18.5 Å². The Bertz CT molecular complexity index is 1230. The molecule has 0 radical (unpaired) electrons. The van der Waals surface area contributed by atoms with Gasteiger partial charge >= 0.3 is 0 Å². The lowest BCUT2D eigenvalue weighted by molar-refractivity contribution is 0.102. The number of rotatable bonds is 7. The van der Waals surface area contributed by atoms with Crippen molar-refractivity contribution in [1.29, 1.82) is 0 Å². The van der Waals surface area contributed by atoms with E-state index in [1.807, 2.05) is 12.3 Å². The number of carbonyl (C=O) groups excluding carboxylic acids is 1. The zero-order chi connectivity index (χ0) is 22.7. The summed E-state index contributed by atoms with van der Waals surface area (Å²) in [5.41, 5.74) is 1.03. The zero-order valence-corrected chi connectivity index (χ0v) is 19.1. The molecule has 0 saturated carbocycles. The molecule has 168 valence electrons. The summed E-state index contributed by atoms with van der Waals surface area (Å²) in [6.07, 6.45) is 1.64. The molecule has 1 saturated heterocycles. The molecular weight excluding hydrogens is 450 g/mol. The molecule has 32 heavy (non-hydrogen) atoms. The maximum Gasteiger partial charge on any atom is 0.259 e. The van der Waals surface area contributed by atoms with Crippen molar-refractivity contribution < 1.29 is 23.1 Å². The minimum Gasteiger partial charge on any atom is -0.506 e. The highest BCUT2D eigenvalue weighted by atomic mass is 32.2. The number of benzene rings is 2.